The molecular weight excluding hydrogens is 162 g/mol. The Balaban J connectivity index is 2.22. The monoisotopic (exact) mass is 181 g/mol. The van der Waals surface area contributed by atoms with E-state index in [0.29, 0.717) is 6.04 Å². The number of amides is 1. The lowest BCUT2D eigenvalue weighted by atomic mass is 9.86. The van der Waals surface area contributed by atoms with Crippen LogP contribution in [-0.2, 0) is 4.79 Å². The summed E-state index contributed by atoms with van der Waals surface area (Å²) in [5.41, 5.74) is 0. The smallest absolute Gasteiger partial charge is 0.207 e. The van der Waals surface area contributed by atoms with Crippen molar-refractivity contribution >= 4 is 6.41 Å². The van der Waals surface area contributed by atoms with Crippen LogP contribution in [0.3, 0.4) is 0 Å². The quantitative estimate of drug-likeness (QED) is 0.523. The fraction of sp³-hybridized carbons (Fsp3) is 0.727. The second-order valence-electron chi connectivity index (χ2n) is 3.73. The van der Waals surface area contributed by atoms with Crippen LogP contribution in [0.1, 0.15) is 39.0 Å². The molecule has 0 bridgehead atoms. The van der Waals surface area contributed by atoms with Gasteiger partial charge in [0.05, 0.1) is 0 Å². The van der Waals surface area contributed by atoms with Crippen molar-refractivity contribution in [3.05, 3.63) is 12.2 Å². The molecule has 1 aliphatic rings. The highest BCUT2D eigenvalue weighted by Gasteiger charge is 2.18. The number of hydrogen-bond acceptors (Lipinski definition) is 1. The van der Waals surface area contributed by atoms with E-state index in [2.05, 4.69) is 24.4 Å². The highest BCUT2D eigenvalue weighted by molar-refractivity contribution is 5.46. The molecule has 0 aromatic heterocycles. The minimum atomic E-state index is 0.434. The Hall–Kier alpha value is -0.790. The largest absolute Gasteiger partial charge is 0.356 e. The zero-order valence-corrected chi connectivity index (χ0v) is 8.33. The van der Waals surface area contributed by atoms with Gasteiger partial charge in [-0.25, -0.2) is 0 Å². The molecule has 1 N–H and O–H groups in total. The van der Waals surface area contributed by atoms with Crippen molar-refractivity contribution in [2.24, 2.45) is 5.92 Å². The summed E-state index contributed by atoms with van der Waals surface area (Å²) in [7, 11) is 0. The van der Waals surface area contributed by atoms with Crippen molar-refractivity contribution in [3.8, 4) is 0 Å². The van der Waals surface area contributed by atoms with Gasteiger partial charge in [-0.2, -0.15) is 0 Å². The average molecular weight is 181 g/mol. The molecule has 74 valence electrons. The lowest BCUT2D eigenvalue weighted by molar-refractivity contribution is -0.110. The zero-order chi connectivity index (χ0) is 9.52. The van der Waals surface area contributed by atoms with E-state index < -0.39 is 0 Å². The van der Waals surface area contributed by atoms with Crippen LogP contribution in [-0.4, -0.2) is 12.5 Å². The lowest BCUT2D eigenvalue weighted by Gasteiger charge is -2.26. The van der Waals surface area contributed by atoms with E-state index in [4.69, 9.17) is 0 Å². The Bertz CT molecular complexity index is 169. The molecule has 0 aliphatic heterocycles. The lowest BCUT2D eigenvalue weighted by Crippen LogP contribution is -2.31. The van der Waals surface area contributed by atoms with Crippen LogP contribution in [0.15, 0.2) is 12.2 Å². The molecule has 0 aromatic carbocycles. The number of nitrogens with one attached hydrogen (secondary N) is 1. The first-order valence-corrected chi connectivity index (χ1v) is 5.23. The predicted octanol–water partition coefficient (Wildman–Crippen LogP) is 2.26. The summed E-state index contributed by atoms with van der Waals surface area (Å²) in [4.78, 5) is 10.2. The molecular formula is C11H19NO. The van der Waals surface area contributed by atoms with E-state index in [9.17, 15) is 4.79 Å². The van der Waals surface area contributed by atoms with Gasteiger partial charge in [0.25, 0.3) is 0 Å². The van der Waals surface area contributed by atoms with E-state index in [1.807, 2.05) is 0 Å². The Morgan fingerprint density at radius 3 is 2.54 bits per heavy atom. The summed E-state index contributed by atoms with van der Waals surface area (Å²) in [5, 5.41) is 2.86. The number of carbonyl (C=O) groups is 1. The van der Waals surface area contributed by atoms with Crippen LogP contribution in [0.4, 0.5) is 0 Å². The van der Waals surface area contributed by atoms with Crippen LogP contribution in [0.2, 0.25) is 0 Å². The van der Waals surface area contributed by atoms with Gasteiger partial charge in [0.2, 0.25) is 6.41 Å². The maximum atomic E-state index is 10.2. The summed E-state index contributed by atoms with van der Waals surface area (Å²) in [5.74, 6) is 0.754. The molecule has 1 saturated carbocycles. The summed E-state index contributed by atoms with van der Waals surface area (Å²) >= 11 is 0. The van der Waals surface area contributed by atoms with E-state index >= 15 is 0 Å². The number of hydrogen-bond donors (Lipinski definition) is 1. The third-order valence-corrected chi connectivity index (χ3v) is 2.72. The minimum absolute atomic E-state index is 0.434. The summed E-state index contributed by atoms with van der Waals surface area (Å²) in [6.45, 7) is 2.16. The van der Waals surface area contributed by atoms with Gasteiger partial charge < -0.3 is 5.32 Å². The maximum absolute atomic E-state index is 10.2. The van der Waals surface area contributed by atoms with E-state index in [1.165, 1.54) is 12.8 Å². The maximum Gasteiger partial charge on any atom is 0.207 e. The van der Waals surface area contributed by atoms with Crippen molar-refractivity contribution in [1.82, 2.24) is 5.32 Å². The van der Waals surface area contributed by atoms with Gasteiger partial charge in [-0.15, -0.1) is 0 Å². The molecule has 0 unspecified atom stereocenters. The molecule has 1 rings (SSSR count). The fourth-order valence-corrected chi connectivity index (χ4v) is 1.90. The first-order valence-electron chi connectivity index (χ1n) is 5.23. The molecule has 0 radical (unpaired) electrons. The van der Waals surface area contributed by atoms with Gasteiger partial charge in [-0.05, 0) is 38.0 Å². The fourth-order valence-electron chi connectivity index (χ4n) is 1.90. The molecule has 0 atom stereocenters. The predicted molar refractivity (Wildman–Crippen MR) is 54.4 cm³/mol. The highest BCUT2D eigenvalue weighted by Crippen LogP contribution is 2.25. The molecule has 0 heterocycles. The van der Waals surface area contributed by atoms with Crippen molar-refractivity contribution in [1.29, 1.82) is 0 Å². The van der Waals surface area contributed by atoms with Gasteiger partial charge >= 0.3 is 0 Å². The second-order valence-corrected chi connectivity index (χ2v) is 3.73. The number of allylic oxidation sites excluding steroid dienone is 2. The molecule has 1 amide bonds. The first-order chi connectivity index (χ1) is 6.36. The Morgan fingerprint density at radius 2 is 2.00 bits per heavy atom. The number of rotatable bonds is 4. The first kappa shape index (κ1) is 10.3. The third-order valence-electron chi connectivity index (χ3n) is 2.72. The molecule has 1 aliphatic carbocycles. The van der Waals surface area contributed by atoms with Crippen molar-refractivity contribution < 1.29 is 4.79 Å². The molecule has 0 spiro atoms. The van der Waals surface area contributed by atoms with Crippen LogP contribution in [0, 0.1) is 5.92 Å². The van der Waals surface area contributed by atoms with Gasteiger partial charge in [-0.1, -0.05) is 19.1 Å². The van der Waals surface area contributed by atoms with Gasteiger partial charge in [0.15, 0.2) is 0 Å². The summed E-state index contributed by atoms with van der Waals surface area (Å²) in [6.07, 6.45) is 11.3. The van der Waals surface area contributed by atoms with Gasteiger partial charge in [0, 0.05) is 6.04 Å². The Labute approximate surface area is 80.4 Å². The summed E-state index contributed by atoms with van der Waals surface area (Å²) < 4.78 is 0. The van der Waals surface area contributed by atoms with Gasteiger partial charge in [-0.3, -0.25) is 4.79 Å². The topological polar surface area (TPSA) is 29.1 Å². The SMILES string of the molecule is CC/C=C/C1CCC(NC=O)CC1. The van der Waals surface area contributed by atoms with Crippen LogP contribution in [0.25, 0.3) is 0 Å². The zero-order valence-electron chi connectivity index (χ0n) is 8.33. The van der Waals surface area contributed by atoms with Crippen molar-refractivity contribution in [2.75, 3.05) is 0 Å². The Kier molecular flexibility index (Phi) is 4.58. The third kappa shape index (κ3) is 3.62. The average Bonchev–Trinajstić information content (AvgIpc) is 2.17. The highest BCUT2D eigenvalue weighted by atomic mass is 16.1. The molecule has 2 heteroatoms. The number of carbonyl (C=O) groups excluding carboxylic acids is 1. The van der Waals surface area contributed by atoms with E-state index in [1.54, 1.807) is 0 Å². The van der Waals surface area contributed by atoms with Crippen molar-refractivity contribution in [3.63, 3.8) is 0 Å². The normalized spacial score (nSPS) is 29.0. The standard InChI is InChI=1S/C11H19NO/c1-2-3-4-10-5-7-11(8-6-10)12-9-13/h3-4,9-11H,2,5-8H2,1H3,(H,12,13)/b4-3+. The van der Waals surface area contributed by atoms with Gasteiger partial charge in [0.1, 0.15) is 0 Å². The van der Waals surface area contributed by atoms with Crippen LogP contribution in [0.5, 0.6) is 0 Å². The Morgan fingerprint density at radius 1 is 1.31 bits per heavy atom. The molecule has 2 nitrogen and oxygen atoms in total. The van der Waals surface area contributed by atoms with Crippen LogP contribution < -0.4 is 5.32 Å². The minimum Gasteiger partial charge on any atom is -0.356 e. The molecule has 1 fully saturated rings. The van der Waals surface area contributed by atoms with Crippen LogP contribution >= 0.6 is 0 Å². The summed E-state index contributed by atoms with van der Waals surface area (Å²) in [6, 6.07) is 0.434. The molecule has 0 saturated heterocycles. The molecule has 13 heavy (non-hydrogen) atoms. The second kappa shape index (κ2) is 5.79. The molecule has 0 aromatic rings. The van der Waals surface area contributed by atoms with E-state index in [0.717, 1.165) is 31.6 Å². The van der Waals surface area contributed by atoms with Crippen molar-refractivity contribution in [2.45, 2.75) is 45.1 Å². The van der Waals surface area contributed by atoms with E-state index in [-0.39, 0.29) is 0 Å².